The lowest BCUT2D eigenvalue weighted by Gasteiger charge is -2.03. The lowest BCUT2D eigenvalue weighted by molar-refractivity contribution is 0.580. The zero-order valence-electron chi connectivity index (χ0n) is 14.4. The van der Waals surface area contributed by atoms with Gasteiger partial charge in [-0.15, -0.1) is 0 Å². The molecule has 0 aliphatic carbocycles. The van der Waals surface area contributed by atoms with Gasteiger partial charge in [-0.2, -0.15) is 5.11 Å². The molecule has 23 heavy (non-hydrogen) atoms. The Balaban J connectivity index is 0.00000127. The highest BCUT2D eigenvalue weighted by Crippen LogP contribution is 2.15. The molecule has 0 saturated carbocycles. The molecule has 0 aromatic carbocycles. The molecule has 0 amide bonds. The Kier molecular flexibility index (Phi) is 9.16. The van der Waals surface area contributed by atoms with E-state index >= 15 is 0 Å². The number of rotatable bonds is 7. The molecule has 0 atom stereocenters. The van der Waals surface area contributed by atoms with Gasteiger partial charge in [0.2, 0.25) is 0 Å². The number of hydrogen-bond acceptors (Lipinski definition) is 5. The topological polar surface area (TPSA) is 74.6 Å². The van der Waals surface area contributed by atoms with Crippen LogP contribution in [0.3, 0.4) is 0 Å². The summed E-state index contributed by atoms with van der Waals surface area (Å²) in [7, 11) is 1.75. The van der Waals surface area contributed by atoms with E-state index in [1.165, 1.54) is 5.56 Å². The van der Waals surface area contributed by atoms with Gasteiger partial charge in [-0.25, -0.2) is 11.0 Å². The molecule has 0 spiro atoms. The Labute approximate surface area is 138 Å². The van der Waals surface area contributed by atoms with Crippen molar-refractivity contribution in [3.8, 4) is 11.4 Å². The van der Waals surface area contributed by atoms with E-state index in [2.05, 4.69) is 37.3 Å². The number of hydrazine groups is 1. The smallest absolute Gasteiger partial charge is 0.0886 e. The van der Waals surface area contributed by atoms with Crippen molar-refractivity contribution >= 4 is 0 Å². The van der Waals surface area contributed by atoms with Gasteiger partial charge in [0.1, 0.15) is 0 Å². The number of nitrogens with one attached hydrogen (secondary N) is 2. The SMILES string of the molecule is CC.CNNN=NCCCc1ccc(-c2ccc(C)cn2)nc1. The number of hydrogen-bond donors (Lipinski definition) is 2. The van der Waals surface area contributed by atoms with Gasteiger partial charge in [0, 0.05) is 19.4 Å². The highest BCUT2D eigenvalue weighted by Gasteiger charge is 2.01. The second-order valence-corrected chi connectivity index (χ2v) is 4.70. The molecule has 0 aliphatic heterocycles. The number of aryl methyl sites for hydroxylation is 2. The Morgan fingerprint density at radius 3 is 2.26 bits per heavy atom. The van der Waals surface area contributed by atoms with Crippen LogP contribution in [0.25, 0.3) is 11.4 Å². The van der Waals surface area contributed by atoms with Gasteiger partial charge in [-0.1, -0.05) is 31.2 Å². The fourth-order valence-electron chi connectivity index (χ4n) is 1.83. The average Bonchev–Trinajstić information content (AvgIpc) is 2.61. The third-order valence-corrected chi connectivity index (χ3v) is 2.95. The van der Waals surface area contributed by atoms with Crippen molar-refractivity contribution in [1.82, 2.24) is 20.9 Å². The molecule has 0 unspecified atom stereocenters. The van der Waals surface area contributed by atoms with Gasteiger partial charge < -0.3 is 0 Å². The van der Waals surface area contributed by atoms with Crippen molar-refractivity contribution < 1.29 is 0 Å². The largest absolute Gasteiger partial charge is 0.254 e. The van der Waals surface area contributed by atoms with Crippen LogP contribution < -0.4 is 11.0 Å². The van der Waals surface area contributed by atoms with Crippen molar-refractivity contribution in [2.24, 2.45) is 10.3 Å². The van der Waals surface area contributed by atoms with Crippen LogP contribution in [0.4, 0.5) is 0 Å². The van der Waals surface area contributed by atoms with Crippen LogP contribution in [-0.2, 0) is 6.42 Å². The van der Waals surface area contributed by atoms with Crippen LogP contribution in [0.1, 0.15) is 31.4 Å². The first-order valence-electron chi connectivity index (χ1n) is 7.96. The minimum Gasteiger partial charge on any atom is -0.254 e. The van der Waals surface area contributed by atoms with Crippen molar-refractivity contribution in [1.29, 1.82) is 0 Å². The van der Waals surface area contributed by atoms with E-state index < -0.39 is 0 Å². The summed E-state index contributed by atoms with van der Waals surface area (Å²) in [4.78, 5) is 8.85. The molecule has 6 nitrogen and oxygen atoms in total. The minimum absolute atomic E-state index is 0.690. The van der Waals surface area contributed by atoms with Gasteiger partial charge in [-0.3, -0.25) is 9.97 Å². The van der Waals surface area contributed by atoms with Crippen LogP contribution >= 0.6 is 0 Å². The first-order valence-corrected chi connectivity index (χ1v) is 7.96. The van der Waals surface area contributed by atoms with E-state index in [1.807, 2.05) is 51.4 Å². The fourth-order valence-corrected chi connectivity index (χ4v) is 1.83. The molecule has 2 aromatic heterocycles. The number of pyridine rings is 2. The second-order valence-electron chi connectivity index (χ2n) is 4.70. The third kappa shape index (κ3) is 6.97. The zero-order valence-corrected chi connectivity index (χ0v) is 14.4. The lowest BCUT2D eigenvalue weighted by Crippen LogP contribution is -2.20. The summed E-state index contributed by atoms with van der Waals surface area (Å²) in [5.74, 6) is 0. The van der Waals surface area contributed by atoms with E-state index in [9.17, 15) is 0 Å². The van der Waals surface area contributed by atoms with Crippen LogP contribution in [0.2, 0.25) is 0 Å². The van der Waals surface area contributed by atoms with Gasteiger partial charge in [0.25, 0.3) is 0 Å². The average molecular weight is 314 g/mol. The molecule has 0 fully saturated rings. The predicted octanol–water partition coefficient (Wildman–Crippen LogP) is 3.50. The van der Waals surface area contributed by atoms with Crippen molar-refractivity contribution in [3.05, 3.63) is 47.8 Å². The summed E-state index contributed by atoms with van der Waals surface area (Å²) in [5, 5.41) is 7.69. The molecule has 0 aliphatic rings. The Hall–Kier alpha value is -2.34. The Morgan fingerprint density at radius 1 is 1.00 bits per heavy atom. The number of nitrogens with zero attached hydrogens (tertiary/aromatic N) is 4. The summed E-state index contributed by atoms with van der Waals surface area (Å²) in [6, 6.07) is 8.14. The summed E-state index contributed by atoms with van der Waals surface area (Å²) in [6.45, 7) is 6.71. The highest BCUT2D eigenvalue weighted by atomic mass is 15.6. The molecule has 124 valence electrons. The molecular formula is C17H26N6. The maximum atomic E-state index is 4.47. The quantitative estimate of drug-likeness (QED) is 0.466. The summed E-state index contributed by atoms with van der Waals surface area (Å²) >= 11 is 0. The monoisotopic (exact) mass is 314 g/mol. The molecule has 2 rings (SSSR count). The van der Waals surface area contributed by atoms with Gasteiger partial charge in [-0.05, 0) is 43.0 Å². The second kappa shape index (κ2) is 11.3. The van der Waals surface area contributed by atoms with Crippen molar-refractivity contribution in [2.75, 3.05) is 13.6 Å². The summed E-state index contributed by atoms with van der Waals surface area (Å²) in [6.07, 6.45) is 5.64. The molecule has 2 aromatic rings. The normalized spacial score (nSPS) is 10.3. The first kappa shape index (κ1) is 18.7. The Morgan fingerprint density at radius 2 is 1.70 bits per heavy atom. The van der Waals surface area contributed by atoms with E-state index in [0.717, 1.165) is 29.8 Å². The van der Waals surface area contributed by atoms with Gasteiger partial charge >= 0.3 is 0 Å². The molecule has 0 bridgehead atoms. The molecule has 2 heterocycles. The summed E-state index contributed by atoms with van der Waals surface area (Å²) in [5.41, 5.74) is 9.39. The van der Waals surface area contributed by atoms with Crippen molar-refractivity contribution in [2.45, 2.75) is 33.6 Å². The highest BCUT2D eigenvalue weighted by molar-refractivity contribution is 5.53. The van der Waals surface area contributed by atoms with Gasteiger partial charge in [0.15, 0.2) is 0 Å². The van der Waals surface area contributed by atoms with E-state index in [0.29, 0.717) is 6.54 Å². The minimum atomic E-state index is 0.690. The van der Waals surface area contributed by atoms with Crippen LogP contribution in [0.5, 0.6) is 0 Å². The maximum absolute atomic E-state index is 4.47. The molecule has 0 saturated heterocycles. The fraction of sp³-hybridized carbons (Fsp3) is 0.412. The van der Waals surface area contributed by atoms with Crippen LogP contribution in [0.15, 0.2) is 47.0 Å². The van der Waals surface area contributed by atoms with Crippen LogP contribution in [-0.4, -0.2) is 23.6 Å². The Bertz CT molecular complexity index is 563. The molecule has 2 N–H and O–H groups in total. The predicted molar refractivity (Wildman–Crippen MR) is 93.8 cm³/mol. The number of aromatic nitrogens is 2. The third-order valence-electron chi connectivity index (χ3n) is 2.95. The molecule has 6 heteroatoms. The molecular weight excluding hydrogens is 288 g/mol. The molecule has 0 radical (unpaired) electrons. The summed E-state index contributed by atoms with van der Waals surface area (Å²) < 4.78 is 0. The lowest BCUT2D eigenvalue weighted by atomic mass is 10.1. The zero-order chi connectivity index (χ0) is 16.9. The van der Waals surface area contributed by atoms with E-state index in [4.69, 9.17) is 0 Å². The van der Waals surface area contributed by atoms with Gasteiger partial charge in [0.05, 0.1) is 17.9 Å². The van der Waals surface area contributed by atoms with E-state index in [-0.39, 0.29) is 0 Å². The van der Waals surface area contributed by atoms with Crippen molar-refractivity contribution in [3.63, 3.8) is 0 Å². The first-order chi connectivity index (χ1) is 11.3. The van der Waals surface area contributed by atoms with Crippen LogP contribution in [0, 0.1) is 6.92 Å². The maximum Gasteiger partial charge on any atom is 0.0886 e. The standard InChI is InChI=1S/C15H20N6.C2H6/c1-12-5-7-14(17-10-12)15-8-6-13(11-18-15)4-3-9-19-21-20-16-2;1-2/h5-8,10-11H,3-4,9H2,1-2H3,(H,16,21)(H,19,20);1-2H3. The van der Waals surface area contributed by atoms with E-state index in [1.54, 1.807) is 7.05 Å².